The zero-order chi connectivity index (χ0) is 15.8. The molecule has 0 radical (unpaired) electrons. The number of carbonyl (C=O) groups is 2. The van der Waals surface area contributed by atoms with E-state index in [1.54, 1.807) is 0 Å². The third-order valence-corrected chi connectivity index (χ3v) is 2.93. The minimum atomic E-state index is -0.845. The molecule has 0 aliphatic heterocycles. The molecule has 0 fully saturated rings. The van der Waals surface area contributed by atoms with Gasteiger partial charge in [0.05, 0.1) is 13.0 Å². The lowest BCUT2D eigenvalue weighted by molar-refractivity contribution is -0.137. The summed E-state index contributed by atoms with van der Waals surface area (Å²) in [6, 6.07) is 7.60. The maximum atomic E-state index is 12.1. The van der Waals surface area contributed by atoms with E-state index in [2.05, 4.69) is 5.32 Å². The van der Waals surface area contributed by atoms with E-state index < -0.39 is 5.97 Å². The van der Waals surface area contributed by atoms with Gasteiger partial charge >= 0.3 is 5.97 Å². The van der Waals surface area contributed by atoms with Gasteiger partial charge in [0.15, 0.2) is 0 Å². The Labute approximate surface area is 126 Å². The number of carboxylic acids is 1. The number of nitrogens with one attached hydrogen (secondary N) is 1. The normalized spacial score (nSPS) is 10.9. The molecule has 5 heteroatoms. The fraction of sp³-hybridized carbons (Fsp3) is 0.500. The van der Waals surface area contributed by atoms with Crippen LogP contribution in [0.4, 0.5) is 5.69 Å². The van der Waals surface area contributed by atoms with Crippen molar-refractivity contribution >= 4 is 17.6 Å². The molecular weight excluding hydrogens is 268 g/mol. The summed E-state index contributed by atoms with van der Waals surface area (Å²) in [5, 5.41) is 11.6. The molecule has 0 atom stereocenters. The average Bonchev–Trinajstić information content (AvgIpc) is 2.35. The molecule has 0 unspecified atom stereocenters. The smallest absolute Gasteiger partial charge is 0.304 e. The number of anilines is 1. The highest BCUT2D eigenvalue weighted by atomic mass is 16.4. The number of benzene rings is 1. The van der Waals surface area contributed by atoms with Crippen LogP contribution in [0.5, 0.6) is 0 Å². The zero-order valence-electron chi connectivity index (χ0n) is 12.9. The minimum absolute atomic E-state index is 0.0461. The van der Waals surface area contributed by atoms with Crippen molar-refractivity contribution < 1.29 is 14.7 Å². The lowest BCUT2D eigenvalue weighted by Gasteiger charge is -2.23. The van der Waals surface area contributed by atoms with Crippen LogP contribution in [0.1, 0.15) is 25.8 Å². The summed E-state index contributed by atoms with van der Waals surface area (Å²) in [7, 11) is 0. The fourth-order valence-corrected chi connectivity index (χ4v) is 2.13. The lowest BCUT2D eigenvalue weighted by Crippen LogP contribution is -2.37. The van der Waals surface area contributed by atoms with Crippen LogP contribution in [0.2, 0.25) is 0 Å². The Balaban J connectivity index is 2.56. The number of carbonyl (C=O) groups excluding carboxylic acids is 1. The van der Waals surface area contributed by atoms with Gasteiger partial charge in [0.2, 0.25) is 5.91 Å². The molecule has 1 aromatic carbocycles. The Hall–Kier alpha value is -1.88. The van der Waals surface area contributed by atoms with Gasteiger partial charge < -0.3 is 10.4 Å². The second-order valence-corrected chi connectivity index (χ2v) is 5.69. The molecule has 0 heterocycles. The third kappa shape index (κ3) is 7.46. The Morgan fingerprint density at radius 1 is 1.33 bits per heavy atom. The summed E-state index contributed by atoms with van der Waals surface area (Å²) in [6.07, 6.45) is 0.0461. The molecule has 1 amide bonds. The zero-order valence-corrected chi connectivity index (χ0v) is 12.9. The molecule has 1 rings (SSSR count). The first-order valence-corrected chi connectivity index (χ1v) is 7.17. The molecule has 0 bridgehead atoms. The van der Waals surface area contributed by atoms with Crippen LogP contribution in [-0.2, 0) is 9.59 Å². The number of carboxylic acid groups (broad SMARTS) is 1. The Morgan fingerprint density at radius 2 is 2.05 bits per heavy atom. The summed E-state index contributed by atoms with van der Waals surface area (Å²) in [5.41, 5.74) is 1.85. The number of nitrogens with zero attached hydrogens (tertiary/aromatic N) is 1. The fourth-order valence-electron chi connectivity index (χ4n) is 2.13. The standard InChI is InChI=1S/C16H24N2O3/c1-12(2)10-18(8-7-16(20)21)11-15(19)17-14-6-4-5-13(3)9-14/h4-6,9,12H,7-8,10-11H2,1-3H3,(H,17,19)(H,20,21). The van der Waals surface area contributed by atoms with Crippen LogP contribution in [0, 0.1) is 12.8 Å². The maximum Gasteiger partial charge on any atom is 0.304 e. The molecule has 5 nitrogen and oxygen atoms in total. The number of aryl methyl sites for hydroxylation is 1. The SMILES string of the molecule is Cc1cccc(NC(=O)CN(CCC(=O)O)CC(C)C)c1. The third-order valence-electron chi connectivity index (χ3n) is 2.93. The first kappa shape index (κ1) is 17.2. The van der Waals surface area contributed by atoms with E-state index in [-0.39, 0.29) is 18.9 Å². The summed E-state index contributed by atoms with van der Waals surface area (Å²) in [6.45, 7) is 7.36. The number of rotatable bonds is 8. The van der Waals surface area contributed by atoms with Crippen molar-refractivity contribution in [3.05, 3.63) is 29.8 Å². The van der Waals surface area contributed by atoms with Gasteiger partial charge in [-0.2, -0.15) is 0 Å². The average molecular weight is 292 g/mol. The number of aliphatic carboxylic acids is 1. The predicted molar refractivity (Wildman–Crippen MR) is 83.3 cm³/mol. The van der Waals surface area contributed by atoms with E-state index in [0.717, 1.165) is 11.3 Å². The second-order valence-electron chi connectivity index (χ2n) is 5.69. The Morgan fingerprint density at radius 3 is 2.62 bits per heavy atom. The highest BCUT2D eigenvalue weighted by molar-refractivity contribution is 5.92. The summed E-state index contributed by atoms with van der Waals surface area (Å²) in [4.78, 5) is 24.6. The van der Waals surface area contributed by atoms with Crippen molar-refractivity contribution in [2.75, 3.05) is 25.0 Å². The second kappa shape index (κ2) is 8.42. The van der Waals surface area contributed by atoms with Gasteiger partial charge in [-0.3, -0.25) is 14.5 Å². The van der Waals surface area contributed by atoms with Crippen LogP contribution in [0.25, 0.3) is 0 Å². The van der Waals surface area contributed by atoms with Crippen LogP contribution in [0.15, 0.2) is 24.3 Å². The Bertz CT molecular complexity index is 486. The molecule has 0 saturated heterocycles. The van der Waals surface area contributed by atoms with Crippen molar-refractivity contribution in [2.24, 2.45) is 5.92 Å². The first-order chi connectivity index (χ1) is 9.86. The molecule has 0 aromatic heterocycles. The minimum Gasteiger partial charge on any atom is -0.481 e. The quantitative estimate of drug-likeness (QED) is 0.771. The highest BCUT2D eigenvalue weighted by Crippen LogP contribution is 2.09. The summed E-state index contributed by atoms with van der Waals surface area (Å²) >= 11 is 0. The van der Waals surface area contributed by atoms with Gasteiger partial charge in [-0.1, -0.05) is 26.0 Å². The first-order valence-electron chi connectivity index (χ1n) is 7.17. The predicted octanol–water partition coefficient (Wildman–Crippen LogP) is 2.37. The van der Waals surface area contributed by atoms with E-state index in [1.165, 1.54) is 0 Å². The van der Waals surface area contributed by atoms with E-state index in [0.29, 0.717) is 19.0 Å². The van der Waals surface area contributed by atoms with Crippen molar-refractivity contribution in [1.29, 1.82) is 0 Å². The monoisotopic (exact) mass is 292 g/mol. The van der Waals surface area contributed by atoms with Crippen LogP contribution >= 0.6 is 0 Å². The number of hydrogen-bond donors (Lipinski definition) is 2. The molecule has 0 aliphatic rings. The van der Waals surface area contributed by atoms with E-state index >= 15 is 0 Å². The van der Waals surface area contributed by atoms with Crippen molar-refractivity contribution in [3.8, 4) is 0 Å². The molecule has 1 aromatic rings. The highest BCUT2D eigenvalue weighted by Gasteiger charge is 2.13. The van der Waals surface area contributed by atoms with Crippen molar-refractivity contribution in [1.82, 2.24) is 4.90 Å². The molecule has 0 aliphatic carbocycles. The molecule has 2 N–H and O–H groups in total. The number of hydrogen-bond acceptors (Lipinski definition) is 3. The maximum absolute atomic E-state index is 12.1. The van der Waals surface area contributed by atoms with E-state index in [4.69, 9.17) is 5.11 Å². The molecule has 21 heavy (non-hydrogen) atoms. The van der Waals surface area contributed by atoms with Crippen molar-refractivity contribution in [2.45, 2.75) is 27.2 Å². The topological polar surface area (TPSA) is 69.6 Å². The number of amides is 1. The van der Waals surface area contributed by atoms with E-state index in [1.807, 2.05) is 49.9 Å². The van der Waals surface area contributed by atoms with Gasteiger partial charge in [-0.05, 0) is 30.5 Å². The van der Waals surface area contributed by atoms with Crippen LogP contribution in [-0.4, -0.2) is 41.5 Å². The molecule has 116 valence electrons. The van der Waals surface area contributed by atoms with Gasteiger partial charge in [-0.25, -0.2) is 0 Å². The molecule has 0 spiro atoms. The summed E-state index contributed by atoms with van der Waals surface area (Å²) < 4.78 is 0. The van der Waals surface area contributed by atoms with Gasteiger partial charge in [0, 0.05) is 18.8 Å². The van der Waals surface area contributed by atoms with E-state index in [9.17, 15) is 9.59 Å². The van der Waals surface area contributed by atoms with Crippen LogP contribution in [0.3, 0.4) is 0 Å². The van der Waals surface area contributed by atoms with Crippen molar-refractivity contribution in [3.63, 3.8) is 0 Å². The largest absolute Gasteiger partial charge is 0.481 e. The van der Waals surface area contributed by atoms with Gasteiger partial charge in [0.1, 0.15) is 0 Å². The lowest BCUT2D eigenvalue weighted by atomic mass is 10.2. The Kier molecular flexibility index (Phi) is 6.88. The van der Waals surface area contributed by atoms with Gasteiger partial charge in [0.25, 0.3) is 0 Å². The van der Waals surface area contributed by atoms with Crippen LogP contribution < -0.4 is 5.32 Å². The van der Waals surface area contributed by atoms with Gasteiger partial charge in [-0.15, -0.1) is 0 Å². The molecule has 0 saturated carbocycles. The summed E-state index contributed by atoms with van der Waals surface area (Å²) in [5.74, 6) is -0.583. The molecular formula is C16H24N2O3.